The topological polar surface area (TPSA) is 58.6 Å². The van der Waals surface area contributed by atoms with Crippen LogP contribution in [-0.2, 0) is 11.3 Å². The van der Waals surface area contributed by atoms with Gasteiger partial charge in [-0.2, -0.15) is 0 Å². The van der Waals surface area contributed by atoms with Gasteiger partial charge < -0.3 is 15.0 Å². The number of carbonyl (C=O) groups excluding carboxylic acids is 2. The Hall–Kier alpha value is -2.66. The van der Waals surface area contributed by atoms with Gasteiger partial charge in [-0.1, -0.05) is 30.3 Å². The molecule has 0 radical (unpaired) electrons. The van der Waals surface area contributed by atoms with E-state index >= 15 is 0 Å². The van der Waals surface area contributed by atoms with Crippen LogP contribution in [0.25, 0.3) is 0 Å². The first kappa shape index (κ1) is 19.1. The van der Waals surface area contributed by atoms with E-state index in [0.29, 0.717) is 30.8 Å². The van der Waals surface area contributed by atoms with Gasteiger partial charge in [-0.15, -0.1) is 0 Å². The average Bonchev–Trinajstić information content (AvgIpc) is 3.24. The monoisotopic (exact) mass is 366 g/mol. The van der Waals surface area contributed by atoms with Crippen molar-refractivity contribution in [3.05, 3.63) is 71.3 Å². The molecule has 0 spiro atoms. The summed E-state index contributed by atoms with van der Waals surface area (Å²) in [5, 5.41) is 2.90. The highest BCUT2D eigenvalue weighted by atomic mass is 16.5. The van der Waals surface area contributed by atoms with Crippen molar-refractivity contribution in [2.75, 3.05) is 19.7 Å². The molecule has 1 atom stereocenters. The highest BCUT2D eigenvalue weighted by Crippen LogP contribution is 2.13. The molecule has 1 N–H and O–H groups in total. The van der Waals surface area contributed by atoms with E-state index in [-0.39, 0.29) is 17.9 Å². The zero-order chi connectivity index (χ0) is 19.1. The van der Waals surface area contributed by atoms with E-state index in [2.05, 4.69) is 5.32 Å². The zero-order valence-electron chi connectivity index (χ0n) is 15.7. The smallest absolute Gasteiger partial charge is 0.254 e. The minimum absolute atomic E-state index is 0.0346. The first-order valence-electron chi connectivity index (χ1n) is 9.50. The maximum atomic E-state index is 12.8. The molecule has 5 nitrogen and oxygen atoms in total. The fourth-order valence-corrected chi connectivity index (χ4v) is 3.19. The summed E-state index contributed by atoms with van der Waals surface area (Å²) in [6.45, 7) is 4.46. The number of rotatable bonds is 7. The third kappa shape index (κ3) is 5.17. The van der Waals surface area contributed by atoms with Crippen LogP contribution in [0.4, 0.5) is 0 Å². The second kappa shape index (κ2) is 9.33. The molecule has 0 aromatic heterocycles. The van der Waals surface area contributed by atoms with Gasteiger partial charge in [0.1, 0.15) is 0 Å². The number of carbonyl (C=O) groups is 2. The second-order valence-corrected chi connectivity index (χ2v) is 6.73. The van der Waals surface area contributed by atoms with Gasteiger partial charge in [-0.3, -0.25) is 9.59 Å². The van der Waals surface area contributed by atoms with Gasteiger partial charge in [0.15, 0.2) is 0 Å². The number of nitrogens with zero attached hydrogens (tertiary/aromatic N) is 1. The lowest BCUT2D eigenvalue weighted by Gasteiger charge is -2.21. The van der Waals surface area contributed by atoms with Gasteiger partial charge in [-0.25, -0.2) is 0 Å². The predicted molar refractivity (Wildman–Crippen MR) is 105 cm³/mol. The first-order chi connectivity index (χ1) is 13.2. The Morgan fingerprint density at radius 1 is 1.07 bits per heavy atom. The van der Waals surface area contributed by atoms with Crippen molar-refractivity contribution in [2.24, 2.45) is 0 Å². The van der Waals surface area contributed by atoms with Crippen molar-refractivity contribution >= 4 is 11.8 Å². The van der Waals surface area contributed by atoms with E-state index < -0.39 is 0 Å². The molecule has 5 heteroatoms. The van der Waals surface area contributed by atoms with Gasteiger partial charge in [0.05, 0.1) is 6.10 Å². The van der Waals surface area contributed by atoms with E-state index in [4.69, 9.17) is 4.74 Å². The molecule has 1 aliphatic heterocycles. The Morgan fingerprint density at radius 2 is 1.78 bits per heavy atom. The van der Waals surface area contributed by atoms with Gasteiger partial charge in [-0.05, 0) is 49.6 Å². The van der Waals surface area contributed by atoms with Crippen LogP contribution in [-0.4, -0.2) is 42.5 Å². The summed E-state index contributed by atoms with van der Waals surface area (Å²) in [4.78, 5) is 26.8. The summed E-state index contributed by atoms with van der Waals surface area (Å²) >= 11 is 0. The quantitative estimate of drug-likeness (QED) is 0.818. The molecule has 3 rings (SSSR count). The van der Waals surface area contributed by atoms with Crippen LogP contribution < -0.4 is 5.32 Å². The van der Waals surface area contributed by atoms with Crippen LogP contribution in [0.15, 0.2) is 54.6 Å². The van der Waals surface area contributed by atoms with Crippen LogP contribution in [0.3, 0.4) is 0 Å². The first-order valence-corrected chi connectivity index (χ1v) is 9.50. The molecule has 0 aliphatic carbocycles. The summed E-state index contributed by atoms with van der Waals surface area (Å²) in [6.07, 6.45) is 2.15. The van der Waals surface area contributed by atoms with Crippen LogP contribution in [0.2, 0.25) is 0 Å². The molecule has 0 bridgehead atoms. The Labute approximate surface area is 160 Å². The highest BCUT2D eigenvalue weighted by molar-refractivity contribution is 5.97. The van der Waals surface area contributed by atoms with E-state index in [1.807, 2.05) is 37.3 Å². The van der Waals surface area contributed by atoms with Crippen LogP contribution in [0.1, 0.15) is 46.0 Å². The number of hydrogen-bond donors (Lipinski definition) is 1. The molecule has 27 heavy (non-hydrogen) atoms. The number of ether oxygens (including phenoxy) is 1. The van der Waals surface area contributed by atoms with Crippen LogP contribution in [0.5, 0.6) is 0 Å². The van der Waals surface area contributed by atoms with Crippen molar-refractivity contribution < 1.29 is 14.3 Å². The summed E-state index contributed by atoms with van der Waals surface area (Å²) in [7, 11) is 0. The Morgan fingerprint density at radius 3 is 2.41 bits per heavy atom. The maximum absolute atomic E-state index is 12.8. The molecule has 1 fully saturated rings. The fraction of sp³-hybridized carbons (Fsp3) is 0.364. The van der Waals surface area contributed by atoms with E-state index in [1.54, 1.807) is 29.2 Å². The summed E-state index contributed by atoms with van der Waals surface area (Å²) in [5.41, 5.74) is 2.23. The standard InChI is InChI=1S/C22H26N2O3/c1-2-24(16-17-7-4-3-5-8-17)22(26)19-12-10-18(11-13-19)21(25)23-15-20-9-6-14-27-20/h3-5,7-8,10-13,20H,2,6,9,14-16H2,1H3,(H,23,25). The molecule has 2 aromatic carbocycles. The normalized spacial score (nSPS) is 16.1. The second-order valence-electron chi connectivity index (χ2n) is 6.73. The maximum Gasteiger partial charge on any atom is 0.254 e. The Bertz CT molecular complexity index is 753. The lowest BCUT2D eigenvalue weighted by atomic mass is 10.1. The third-order valence-corrected chi connectivity index (χ3v) is 4.79. The van der Waals surface area contributed by atoms with Crippen molar-refractivity contribution in [3.8, 4) is 0 Å². The highest BCUT2D eigenvalue weighted by Gasteiger charge is 2.18. The average molecular weight is 366 g/mol. The third-order valence-electron chi connectivity index (χ3n) is 4.79. The lowest BCUT2D eigenvalue weighted by Crippen LogP contribution is -2.32. The zero-order valence-corrected chi connectivity index (χ0v) is 15.7. The SMILES string of the molecule is CCN(Cc1ccccc1)C(=O)c1ccc(C(=O)NCC2CCCO2)cc1. The molecule has 1 heterocycles. The number of benzene rings is 2. The molecule has 142 valence electrons. The predicted octanol–water partition coefficient (Wildman–Crippen LogP) is 3.26. The minimum Gasteiger partial charge on any atom is -0.376 e. The molecule has 2 aromatic rings. The fourth-order valence-electron chi connectivity index (χ4n) is 3.19. The largest absolute Gasteiger partial charge is 0.376 e. The molecule has 1 aliphatic rings. The molecular weight excluding hydrogens is 340 g/mol. The number of amides is 2. The van der Waals surface area contributed by atoms with E-state index in [0.717, 1.165) is 25.0 Å². The molecule has 2 amide bonds. The number of nitrogens with one attached hydrogen (secondary N) is 1. The van der Waals surface area contributed by atoms with Crippen molar-refractivity contribution in [1.82, 2.24) is 10.2 Å². The number of hydrogen-bond acceptors (Lipinski definition) is 3. The van der Waals surface area contributed by atoms with E-state index in [9.17, 15) is 9.59 Å². The molecule has 1 saturated heterocycles. The van der Waals surface area contributed by atoms with Crippen molar-refractivity contribution in [1.29, 1.82) is 0 Å². The van der Waals surface area contributed by atoms with E-state index in [1.165, 1.54) is 0 Å². The molecule has 0 saturated carbocycles. The Balaban J connectivity index is 1.59. The molecule has 1 unspecified atom stereocenters. The van der Waals surface area contributed by atoms with Gasteiger partial charge in [0.2, 0.25) is 0 Å². The van der Waals surface area contributed by atoms with Crippen LogP contribution >= 0.6 is 0 Å². The Kier molecular flexibility index (Phi) is 6.60. The summed E-state index contributed by atoms with van der Waals surface area (Å²) < 4.78 is 5.51. The van der Waals surface area contributed by atoms with Gasteiger partial charge >= 0.3 is 0 Å². The lowest BCUT2D eigenvalue weighted by molar-refractivity contribution is 0.0751. The van der Waals surface area contributed by atoms with Gasteiger partial charge in [0.25, 0.3) is 11.8 Å². The van der Waals surface area contributed by atoms with Crippen LogP contribution in [0, 0.1) is 0 Å². The van der Waals surface area contributed by atoms with Crippen molar-refractivity contribution in [3.63, 3.8) is 0 Å². The van der Waals surface area contributed by atoms with Crippen molar-refractivity contribution in [2.45, 2.75) is 32.4 Å². The summed E-state index contributed by atoms with van der Waals surface area (Å²) in [5.74, 6) is -0.172. The van der Waals surface area contributed by atoms with Gasteiger partial charge in [0, 0.05) is 37.4 Å². The summed E-state index contributed by atoms with van der Waals surface area (Å²) in [6, 6.07) is 16.8. The molecular formula is C22H26N2O3. The minimum atomic E-state index is -0.138.